The van der Waals surface area contributed by atoms with Crippen LogP contribution in [0.25, 0.3) is 0 Å². The Morgan fingerprint density at radius 1 is 0.471 bits per heavy atom. The van der Waals surface area contributed by atoms with Crippen molar-refractivity contribution in [2.45, 2.75) is 78.4 Å². The Morgan fingerprint density at radius 2 is 0.804 bits per heavy atom. The zero-order valence-electron chi connectivity index (χ0n) is 54.2. The number of benzene rings is 4. The normalized spacial score (nSPS) is 11.6. The number of rotatable bonds is 11. The lowest BCUT2D eigenvalue weighted by atomic mass is 10.2. The molecule has 0 spiro atoms. The van der Waals surface area contributed by atoms with Crippen molar-refractivity contribution in [2.24, 2.45) is 11.8 Å². The van der Waals surface area contributed by atoms with E-state index >= 15 is 0 Å². The van der Waals surface area contributed by atoms with Crippen molar-refractivity contribution in [3.63, 3.8) is 0 Å². The Labute approximate surface area is 649 Å². The maximum absolute atomic E-state index is 11.9. The van der Waals surface area contributed by atoms with Crippen LogP contribution < -0.4 is 54.6 Å². The number of nitrogens with two attached hydrogens (primary N) is 2. The molecule has 9 aromatic rings. The van der Waals surface area contributed by atoms with Gasteiger partial charge in [-0.25, -0.2) is 39.3 Å². The number of aromatic nitrogens is 10. The predicted molar refractivity (Wildman–Crippen MR) is 412 cm³/mol. The number of H-pyrrole nitrogens is 2. The van der Waals surface area contributed by atoms with Crippen LogP contribution >= 0.6 is 151 Å². The van der Waals surface area contributed by atoms with Crippen molar-refractivity contribution in [3.8, 4) is 0 Å². The Morgan fingerprint density at radius 3 is 1.14 bits per heavy atom. The average Bonchev–Trinajstić information content (AvgIpc) is 1.09. The third kappa shape index (κ3) is 34.5. The molecule has 0 unspecified atom stereocenters. The monoisotopic (exact) mass is 1650 g/mol. The highest BCUT2D eigenvalue weighted by molar-refractivity contribution is 6.64. The van der Waals surface area contributed by atoms with Gasteiger partial charge in [-0.1, -0.05) is 118 Å². The first-order valence-electron chi connectivity index (χ1n) is 29.2. The van der Waals surface area contributed by atoms with Crippen LogP contribution in [0.1, 0.15) is 67.2 Å². The highest BCUT2D eigenvalue weighted by atomic mass is 35.5. The van der Waals surface area contributed by atoms with E-state index in [1.54, 1.807) is 96.1 Å². The van der Waals surface area contributed by atoms with Gasteiger partial charge < -0.3 is 47.2 Å². The molecular formula is C63H63Cl13N18O8. The van der Waals surface area contributed by atoms with Crippen molar-refractivity contribution in [2.75, 3.05) is 48.7 Å². The molecule has 12 N–H and O–H groups in total. The Hall–Kier alpha value is -7.67. The fourth-order valence-corrected chi connectivity index (χ4v) is 8.28. The van der Waals surface area contributed by atoms with Crippen LogP contribution in [0.4, 0.5) is 72.5 Å². The zero-order valence-corrected chi connectivity index (χ0v) is 64.1. The van der Waals surface area contributed by atoms with Gasteiger partial charge in [-0.2, -0.15) is 15.0 Å². The van der Waals surface area contributed by atoms with E-state index in [4.69, 9.17) is 172 Å². The molecule has 0 aliphatic heterocycles. The van der Waals surface area contributed by atoms with E-state index in [2.05, 4.69) is 76.8 Å². The molecule has 2 saturated carbocycles. The fraction of sp³-hybridized carbons (Fsp3) is 0.238. The van der Waals surface area contributed by atoms with Crippen molar-refractivity contribution >= 4 is 237 Å². The molecule has 0 radical (unpaired) electrons. The lowest BCUT2D eigenvalue weighted by Crippen LogP contribution is -2.27. The molecule has 0 saturated heterocycles. The first kappa shape index (κ1) is 86.7. The Bertz CT molecular complexity index is 4380. The van der Waals surface area contributed by atoms with E-state index in [-0.39, 0.29) is 59.6 Å². The van der Waals surface area contributed by atoms with E-state index in [0.29, 0.717) is 77.4 Å². The van der Waals surface area contributed by atoms with Gasteiger partial charge in [0.1, 0.15) is 31.3 Å². The lowest BCUT2D eigenvalue weighted by molar-refractivity contribution is -0.117. The third-order valence-electron chi connectivity index (χ3n) is 11.5. The molecule has 2 aliphatic carbocycles. The number of hydrogen-bond acceptors (Lipinski definition) is 21. The van der Waals surface area contributed by atoms with Crippen LogP contribution in [0.5, 0.6) is 0 Å². The van der Waals surface area contributed by atoms with Crippen molar-refractivity contribution in [1.29, 1.82) is 0 Å². The first-order valence-corrected chi connectivity index (χ1v) is 34.4. The minimum atomic E-state index is -0.587. The van der Waals surface area contributed by atoms with Gasteiger partial charge >= 0.3 is 17.9 Å². The van der Waals surface area contributed by atoms with Crippen LogP contribution in [-0.2, 0) is 19.1 Å². The number of alkyl halides is 2. The summed E-state index contributed by atoms with van der Waals surface area (Å²) in [6.07, 6.45) is 9.61. The van der Waals surface area contributed by atoms with Crippen LogP contribution in [0.15, 0.2) is 138 Å². The number of nitrogen functional groups attached to an aromatic ring is 2. The number of anilines is 11. The van der Waals surface area contributed by atoms with Crippen LogP contribution in [0.2, 0.25) is 51.4 Å². The summed E-state index contributed by atoms with van der Waals surface area (Å²) in [6.45, 7) is 10.8. The minimum absolute atomic E-state index is 0.0189. The van der Waals surface area contributed by atoms with Crippen molar-refractivity contribution < 1.29 is 28.7 Å². The third-order valence-corrected chi connectivity index (χ3v) is 14.3. The SMILES string of the molecule is CC(C)(C)OC(=O)Nc1ccccc1N.CC(C)(C)OC(=O)Nc1ccccc1Nc1nc(Cl)ncc1Cl.ClCCl.Clc1ncc(Cl)c(Cl)n1.Nc1ccccc1Nc1nc(Cl)ncc1Cl.O=C(Cl)C1CC1.O=C(Nc1ccccc1Nc1nc(Cl)ncc1Cl)C1CC1.O=c1[nH]cc(Cl)c(=O)[nH]1. The number of carbonyl (C=O) groups excluding carboxylic acids is 4. The summed E-state index contributed by atoms with van der Waals surface area (Å²) in [5.41, 5.74) is 14.1. The molecule has 39 heteroatoms. The summed E-state index contributed by atoms with van der Waals surface area (Å²) in [7, 11) is 0. The number of amides is 3. The van der Waals surface area contributed by atoms with Gasteiger partial charge in [0.25, 0.3) is 5.56 Å². The maximum Gasteiger partial charge on any atom is 0.412 e. The van der Waals surface area contributed by atoms with E-state index in [0.717, 1.165) is 37.6 Å². The number of hydrogen-bond donors (Lipinski definition) is 10. The smallest absolute Gasteiger partial charge is 0.412 e. The second-order valence-electron chi connectivity index (χ2n) is 22.0. The van der Waals surface area contributed by atoms with Gasteiger partial charge in [0.15, 0.2) is 22.6 Å². The molecule has 2 aliphatic rings. The van der Waals surface area contributed by atoms with Gasteiger partial charge in [-0.05, 0) is 174 Å². The second kappa shape index (κ2) is 43.4. The van der Waals surface area contributed by atoms with Gasteiger partial charge in [-0.15, -0.1) is 23.2 Å². The summed E-state index contributed by atoms with van der Waals surface area (Å²) in [6, 6.07) is 28.8. The number of ether oxygens (including phenoxy) is 2. The fourth-order valence-electron chi connectivity index (χ4n) is 6.74. The molecule has 2 fully saturated rings. The number of halogens is 13. The van der Waals surface area contributed by atoms with Crippen LogP contribution in [0, 0.1) is 11.8 Å². The molecule has 3 amide bonds. The van der Waals surface area contributed by atoms with Crippen LogP contribution in [-0.4, -0.2) is 89.7 Å². The second-order valence-corrected chi connectivity index (χ2v) is 27.0. The van der Waals surface area contributed by atoms with Gasteiger partial charge in [0, 0.05) is 18.0 Å². The van der Waals surface area contributed by atoms with E-state index in [1.165, 1.54) is 24.8 Å². The molecule has 5 heterocycles. The average molecular weight is 1660 g/mol. The number of para-hydroxylation sites is 8. The number of aromatic amines is 2. The largest absolute Gasteiger partial charge is 0.444 e. The summed E-state index contributed by atoms with van der Waals surface area (Å²) >= 11 is 71.3. The predicted octanol–water partition coefficient (Wildman–Crippen LogP) is 19.2. The Balaban J connectivity index is 0.000000259. The van der Waals surface area contributed by atoms with Crippen molar-refractivity contribution in [3.05, 3.63) is 200 Å². The molecule has 4 aromatic carbocycles. The summed E-state index contributed by atoms with van der Waals surface area (Å²) in [5.74, 6) is 1.56. The molecule has 0 atom stereocenters. The minimum Gasteiger partial charge on any atom is -0.444 e. The lowest BCUT2D eigenvalue weighted by Gasteiger charge is -2.20. The van der Waals surface area contributed by atoms with Crippen molar-refractivity contribution in [1.82, 2.24) is 49.8 Å². The zero-order chi connectivity index (χ0) is 75.9. The summed E-state index contributed by atoms with van der Waals surface area (Å²) < 4.78 is 10.3. The van der Waals surface area contributed by atoms with E-state index < -0.39 is 34.6 Å². The number of carbonyl (C=O) groups is 4. The maximum atomic E-state index is 11.9. The van der Waals surface area contributed by atoms with Gasteiger partial charge in [0.2, 0.25) is 32.3 Å². The molecule has 544 valence electrons. The van der Waals surface area contributed by atoms with Crippen LogP contribution in [0.3, 0.4) is 0 Å². The molecular weight excluding hydrogens is 1600 g/mol. The summed E-state index contributed by atoms with van der Waals surface area (Å²) in [5, 5.41) is 19.2. The van der Waals surface area contributed by atoms with Gasteiger partial charge in [-0.3, -0.25) is 30.0 Å². The quantitative estimate of drug-likeness (QED) is 0.0189. The van der Waals surface area contributed by atoms with Gasteiger partial charge in [0.05, 0.1) is 80.6 Å². The standard InChI is InChI=1S/C15H16Cl2N4O2.C14H12Cl2N4O.C11H16N2O2.C10H8Cl2N4.C4HCl3N2.C4H3ClN2O2.C4H5ClO.CH2Cl2/c1-15(2,3)23-14(22)20-11-7-5-4-6-10(11)19-12-9(16)8-18-13(17)21-12;15-9-7-17-14(16)20-12(9)18-10-3-1-2-4-11(10)19-13(21)8-5-6-8;1-11(2,3)15-10(14)13-9-7-5-4-6-8(9)12;11-6-5-14-10(12)16-9(6)15-8-4-2-1-3-7(8)13;5-2-1-8-4(7)9-3(2)6;5-2-1-6-4(9)7-3(2)8;5-4(6)3-1-2-3;2-1-3/h4-8H,1-3H3,(H,20,22)(H,18,19,21);1-4,7-8H,5-6H2,(H,19,21)(H,17,18,20);4-7H,12H2,1-3H3,(H,13,14);1-5H,13H2,(H,14,15,16);1H;1H,(H2,6,7,8,9);3H,1-2H2;1H2. The topological polar surface area (TPSA) is 380 Å². The highest BCUT2D eigenvalue weighted by Gasteiger charge is 2.30. The molecule has 102 heavy (non-hydrogen) atoms. The molecule has 0 bridgehead atoms. The molecule has 5 aromatic heterocycles. The number of nitrogens with one attached hydrogen (secondary N) is 8. The summed E-state index contributed by atoms with van der Waals surface area (Å²) in [4.78, 5) is 101. The molecule has 26 nitrogen and oxygen atoms in total. The Kier molecular flexibility index (Phi) is 36.9. The number of nitrogens with zero attached hydrogens (tertiary/aromatic N) is 8. The van der Waals surface area contributed by atoms with E-state index in [1.807, 2.05) is 47.4 Å². The highest BCUT2D eigenvalue weighted by Crippen LogP contribution is 2.35. The molecule has 11 rings (SSSR count). The van der Waals surface area contributed by atoms with E-state index in [9.17, 15) is 28.8 Å². The first-order chi connectivity index (χ1) is 48.0.